The minimum Gasteiger partial charge on any atom is -0.376 e. The van der Waals surface area contributed by atoms with Crippen LogP contribution in [0, 0.1) is 0 Å². The quantitative estimate of drug-likeness (QED) is 0.868. The molecule has 0 saturated carbocycles. The Kier molecular flexibility index (Phi) is 4.88. The lowest BCUT2D eigenvalue weighted by molar-refractivity contribution is -0.122. The zero-order valence-electron chi connectivity index (χ0n) is 13.3. The zero-order valence-corrected chi connectivity index (χ0v) is 13.3. The van der Waals surface area contributed by atoms with Crippen molar-refractivity contribution in [3.05, 3.63) is 12.4 Å². The molecule has 1 saturated heterocycles. The van der Waals surface area contributed by atoms with Crippen molar-refractivity contribution in [3.8, 4) is 0 Å². The zero-order chi connectivity index (χ0) is 15.5. The molecule has 2 rings (SSSR count). The molecule has 1 aliphatic heterocycles. The van der Waals surface area contributed by atoms with E-state index in [2.05, 4.69) is 15.7 Å². The van der Waals surface area contributed by atoms with Gasteiger partial charge >= 0.3 is 0 Å². The number of rotatable bonds is 5. The smallest absolute Gasteiger partial charge is 0.242 e. The van der Waals surface area contributed by atoms with Crippen LogP contribution in [-0.2, 0) is 16.1 Å². The number of hydrogen-bond donors (Lipinski definition) is 2. The van der Waals surface area contributed by atoms with Crippen LogP contribution in [0.25, 0.3) is 0 Å². The van der Waals surface area contributed by atoms with Crippen molar-refractivity contribution < 1.29 is 9.53 Å². The molecule has 1 fully saturated rings. The number of amides is 1. The molecule has 2 atom stereocenters. The lowest BCUT2D eigenvalue weighted by Crippen LogP contribution is -2.47. The first-order chi connectivity index (χ1) is 9.83. The van der Waals surface area contributed by atoms with Gasteiger partial charge in [0.15, 0.2) is 0 Å². The van der Waals surface area contributed by atoms with Gasteiger partial charge in [0.25, 0.3) is 0 Å². The van der Waals surface area contributed by atoms with Gasteiger partial charge in [0, 0.05) is 18.3 Å². The number of aromatic nitrogens is 2. The molecule has 0 bridgehead atoms. The van der Waals surface area contributed by atoms with Gasteiger partial charge < -0.3 is 15.4 Å². The standard InChI is InChI=1S/C15H26N4O2/c1-11(14(20)18-15(2,3)4)17-12-8-16-19(9-12)10-13-6-5-7-21-13/h8-9,11,13,17H,5-7,10H2,1-4H3,(H,18,20)/t11-,13+/m1/s1. The molecule has 1 amide bonds. The second-order valence-electron chi connectivity index (χ2n) is 6.69. The van der Waals surface area contributed by atoms with Gasteiger partial charge in [-0.05, 0) is 40.5 Å². The maximum absolute atomic E-state index is 12.0. The van der Waals surface area contributed by atoms with Crippen molar-refractivity contribution in [1.29, 1.82) is 0 Å². The molecule has 6 nitrogen and oxygen atoms in total. The summed E-state index contributed by atoms with van der Waals surface area (Å²) in [7, 11) is 0. The van der Waals surface area contributed by atoms with E-state index in [-0.39, 0.29) is 23.6 Å². The average Bonchev–Trinajstić information content (AvgIpc) is 2.99. The van der Waals surface area contributed by atoms with E-state index in [0.29, 0.717) is 0 Å². The van der Waals surface area contributed by atoms with Crippen LogP contribution >= 0.6 is 0 Å². The first kappa shape index (κ1) is 15.8. The number of ether oxygens (including phenoxy) is 1. The third-order valence-electron chi connectivity index (χ3n) is 3.32. The van der Waals surface area contributed by atoms with Crippen LogP contribution in [0.1, 0.15) is 40.5 Å². The summed E-state index contributed by atoms with van der Waals surface area (Å²) >= 11 is 0. The van der Waals surface area contributed by atoms with Crippen LogP contribution in [0.2, 0.25) is 0 Å². The first-order valence-electron chi connectivity index (χ1n) is 7.56. The van der Waals surface area contributed by atoms with Crippen LogP contribution < -0.4 is 10.6 Å². The fraction of sp³-hybridized carbons (Fsp3) is 0.733. The number of carbonyl (C=O) groups is 1. The Morgan fingerprint density at radius 2 is 2.33 bits per heavy atom. The molecule has 2 heterocycles. The Morgan fingerprint density at radius 3 is 2.95 bits per heavy atom. The molecule has 1 aromatic rings. The maximum Gasteiger partial charge on any atom is 0.242 e. The summed E-state index contributed by atoms with van der Waals surface area (Å²) < 4.78 is 7.46. The Labute approximate surface area is 126 Å². The van der Waals surface area contributed by atoms with Crippen molar-refractivity contribution in [2.24, 2.45) is 0 Å². The van der Waals surface area contributed by atoms with Crippen LogP contribution in [-0.4, -0.2) is 40.0 Å². The van der Waals surface area contributed by atoms with Gasteiger partial charge in [0.1, 0.15) is 6.04 Å². The lowest BCUT2D eigenvalue weighted by atomic mass is 10.1. The average molecular weight is 294 g/mol. The van der Waals surface area contributed by atoms with Gasteiger partial charge in [0.05, 0.1) is 24.5 Å². The van der Waals surface area contributed by atoms with E-state index in [9.17, 15) is 4.79 Å². The molecule has 1 aromatic heterocycles. The van der Waals surface area contributed by atoms with Crippen LogP contribution in [0.4, 0.5) is 5.69 Å². The van der Waals surface area contributed by atoms with E-state index in [1.165, 1.54) is 0 Å². The molecular weight excluding hydrogens is 268 g/mol. The SMILES string of the molecule is C[C@@H](Nc1cnn(C[C@@H]2CCCO2)c1)C(=O)NC(C)(C)C. The minimum atomic E-state index is -0.301. The highest BCUT2D eigenvalue weighted by molar-refractivity contribution is 5.84. The second kappa shape index (κ2) is 6.47. The summed E-state index contributed by atoms with van der Waals surface area (Å²) in [5, 5.41) is 10.4. The first-order valence-corrected chi connectivity index (χ1v) is 7.56. The van der Waals surface area contributed by atoms with E-state index >= 15 is 0 Å². The highest BCUT2D eigenvalue weighted by Gasteiger charge is 2.20. The third-order valence-corrected chi connectivity index (χ3v) is 3.32. The van der Waals surface area contributed by atoms with Crippen molar-refractivity contribution in [2.45, 2.75) is 64.8 Å². The van der Waals surface area contributed by atoms with Crippen molar-refractivity contribution in [3.63, 3.8) is 0 Å². The van der Waals surface area contributed by atoms with Gasteiger partial charge in [-0.25, -0.2) is 0 Å². The number of anilines is 1. The predicted molar refractivity (Wildman–Crippen MR) is 82.2 cm³/mol. The largest absolute Gasteiger partial charge is 0.376 e. The fourth-order valence-corrected chi connectivity index (χ4v) is 2.33. The topological polar surface area (TPSA) is 68.2 Å². The molecule has 0 spiro atoms. The molecule has 21 heavy (non-hydrogen) atoms. The summed E-state index contributed by atoms with van der Waals surface area (Å²) in [5.74, 6) is -0.0191. The summed E-state index contributed by atoms with van der Waals surface area (Å²) in [6.45, 7) is 9.37. The maximum atomic E-state index is 12.0. The molecule has 0 aliphatic carbocycles. The molecule has 0 unspecified atom stereocenters. The molecular formula is C15H26N4O2. The molecule has 0 radical (unpaired) electrons. The lowest BCUT2D eigenvalue weighted by Gasteiger charge is -2.23. The van der Waals surface area contributed by atoms with Crippen LogP contribution in [0.3, 0.4) is 0 Å². The fourth-order valence-electron chi connectivity index (χ4n) is 2.33. The van der Waals surface area contributed by atoms with Crippen molar-refractivity contribution in [2.75, 3.05) is 11.9 Å². The Balaban J connectivity index is 1.85. The number of nitrogens with one attached hydrogen (secondary N) is 2. The van der Waals surface area contributed by atoms with Crippen molar-refractivity contribution >= 4 is 11.6 Å². The molecule has 6 heteroatoms. The van der Waals surface area contributed by atoms with E-state index in [1.807, 2.05) is 38.6 Å². The van der Waals surface area contributed by atoms with Gasteiger partial charge in [-0.2, -0.15) is 5.10 Å². The van der Waals surface area contributed by atoms with Crippen LogP contribution in [0.15, 0.2) is 12.4 Å². The Bertz CT molecular complexity index is 472. The van der Waals surface area contributed by atoms with Gasteiger partial charge in [-0.1, -0.05) is 0 Å². The van der Waals surface area contributed by atoms with Crippen molar-refractivity contribution in [1.82, 2.24) is 15.1 Å². The number of hydrogen-bond acceptors (Lipinski definition) is 4. The highest BCUT2D eigenvalue weighted by Crippen LogP contribution is 2.15. The highest BCUT2D eigenvalue weighted by atomic mass is 16.5. The van der Waals surface area contributed by atoms with E-state index in [1.54, 1.807) is 6.20 Å². The summed E-state index contributed by atoms with van der Waals surface area (Å²) in [6, 6.07) is -0.301. The number of carbonyl (C=O) groups excluding carboxylic acids is 1. The Morgan fingerprint density at radius 1 is 1.57 bits per heavy atom. The summed E-state index contributed by atoms with van der Waals surface area (Å²) in [5.41, 5.74) is 0.626. The normalized spacial score (nSPS) is 20.3. The summed E-state index contributed by atoms with van der Waals surface area (Å²) in [4.78, 5) is 12.0. The predicted octanol–water partition coefficient (Wildman–Crippen LogP) is 1.78. The number of nitrogens with zero attached hydrogens (tertiary/aromatic N) is 2. The van der Waals surface area contributed by atoms with Gasteiger partial charge in [0.2, 0.25) is 5.91 Å². The molecule has 2 N–H and O–H groups in total. The molecule has 118 valence electrons. The Hall–Kier alpha value is -1.56. The van der Waals surface area contributed by atoms with Gasteiger partial charge in [-0.3, -0.25) is 9.48 Å². The molecule has 0 aromatic carbocycles. The van der Waals surface area contributed by atoms with E-state index < -0.39 is 0 Å². The van der Waals surface area contributed by atoms with Gasteiger partial charge in [-0.15, -0.1) is 0 Å². The van der Waals surface area contributed by atoms with E-state index in [4.69, 9.17) is 4.74 Å². The van der Waals surface area contributed by atoms with E-state index in [0.717, 1.165) is 31.7 Å². The third kappa shape index (κ3) is 5.04. The molecule has 1 aliphatic rings. The minimum absolute atomic E-state index is 0.0191. The van der Waals surface area contributed by atoms with Crippen LogP contribution in [0.5, 0.6) is 0 Å². The summed E-state index contributed by atoms with van der Waals surface area (Å²) in [6.07, 6.45) is 6.14. The second-order valence-corrected chi connectivity index (χ2v) is 6.69. The monoisotopic (exact) mass is 294 g/mol.